The number of hydrogen-bond acceptors (Lipinski definition) is 7. The van der Waals surface area contributed by atoms with Crippen molar-refractivity contribution in [1.82, 2.24) is 4.98 Å². The van der Waals surface area contributed by atoms with Gasteiger partial charge in [0.2, 0.25) is 5.88 Å². The number of rotatable bonds is 4. The predicted molar refractivity (Wildman–Crippen MR) is 100 cm³/mol. The molecule has 2 heterocycles. The molecule has 0 fully saturated rings. The van der Waals surface area contributed by atoms with Crippen LogP contribution >= 0.6 is 0 Å². The van der Waals surface area contributed by atoms with E-state index in [0.717, 1.165) is 10.9 Å². The molecular weight excluding hydrogens is 348 g/mol. The fraction of sp³-hybridized carbons (Fsp3) is 0.150. The second-order valence-electron chi connectivity index (χ2n) is 5.55. The van der Waals surface area contributed by atoms with Crippen molar-refractivity contribution in [3.05, 3.63) is 66.0 Å². The molecule has 27 heavy (non-hydrogen) atoms. The lowest BCUT2D eigenvalue weighted by molar-refractivity contribution is -0.139. The summed E-state index contributed by atoms with van der Waals surface area (Å²) >= 11 is 0. The summed E-state index contributed by atoms with van der Waals surface area (Å²) in [6.07, 6.45) is 6.57. The topological polar surface area (TPSA) is 78.0 Å². The van der Waals surface area contributed by atoms with Gasteiger partial charge in [0.1, 0.15) is 5.70 Å². The smallest absolute Gasteiger partial charge is 0.355 e. The van der Waals surface area contributed by atoms with Crippen LogP contribution in [0.2, 0.25) is 0 Å². The molecule has 3 rings (SSSR count). The van der Waals surface area contributed by atoms with Crippen LogP contribution in [-0.4, -0.2) is 38.3 Å². The number of pyridine rings is 1. The second kappa shape index (κ2) is 7.74. The number of fused-ring (bicyclic) bond motifs is 1. The van der Waals surface area contributed by atoms with Crippen LogP contribution in [0.25, 0.3) is 10.9 Å². The van der Waals surface area contributed by atoms with Crippen molar-refractivity contribution < 1.29 is 23.8 Å². The number of aromatic nitrogens is 1. The lowest BCUT2D eigenvalue weighted by Gasteiger charge is -2.23. The molecule has 0 bridgehead atoms. The standard InChI is InChI=1S/C20H18N2O5/c1-25-17-10-7-13-12-14(8-9-16(13)21-17)22-11-5-4-6-15(19(23)26-2)18(22)20(24)27-3/h4-12H,1-3H3. The molecule has 0 saturated heterocycles. The average molecular weight is 366 g/mol. The van der Waals surface area contributed by atoms with E-state index in [4.69, 9.17) is 14.2 Å². The van der Waals surface area contributed by atoms with E-state index in [1.54, 1.807) is 42.5 Å². The first-order chi connectivity index (χ1) is 13.1. The number of allylic oxidation sites excluding steroid dienone is 2. The van der Waals surface area contributed by atoms with Gasteiger partial charge in [-0.2, -0.15) is 0 Å². The summed E-state index contributed by atoms with van der Waals surface area (Å²) in [7, 11) is 4.08. The van der Waals surface area contributed by atoms with Gasteiger partial charge in [0, 0.05) is 23.3 Å². The monoisotopic (exact) mass is 366 g/mol. The lowest BCUT2D eigenvalue weighted by Crippen LogP contribution is -2.26. The summed E-state index contributed by atoms with van der Waals surface area (Å²) in [5, 5.41) is 0.850. The Morgan fingerprint density at radius 2 is 1.74 bits per heavy atom. The molecule has 138 valence electrons. The van der Waals surface area contributed by atoms with Crippen LogP contribution in [0.4, 0.5) is 5.69 Å². The zero-order valence-corrected chi connectivity index (χ0v) is 15.1. The minimum Gasteiger partial charge on any atom is -0.481 e. The van der Waals surface area contributed by atoms with Gasteiger partial charge in [-0.05, 0) is 36.4 Å². The summed E-state index contributed by atoms with van der Waals surface area (Å²) in [5.41, 5.74) is 1.57. The Morgan fingerprint density at radius 1 is 0.963 bits per heavy atom. The van der Waals surface area contributed by atoms with E-state index in [-0.39, 0.29) is 11.3 Å². The molecule has 1 aliphatic rings. The lowest BCUT2D eigenvalue weighted by atomic mass is 10.1. The van der Waals surface area contributed by atoms with Crippen molar-refractivity contribution in [3.8, 4) is 5.88 Å². The van der Waals surface area contributed by atoms with E-state index in [2.05, 4.69) is 4.98 Å². The molecule has 0 unspecified atom stereocenters. The molecule has 0 aliphatic carbocycles. The molecule has 7 heteroatoms. The Balaban J connectivity index is 2.16. The van der Waals surface area contributed by atoms with Crippen LogP contribution < -0.4 is 9.64 Å². The third-order valence-corrected chi connectivity index (χ3v) is 4.02. The molecule has 0 radical (unpaired) electrons. The van der Waals surface area contributed by atoms with Gasteiger partial charge in [0.05, 0.1) is 32.4 Å². The molecule has 1 aliphatic heterocycles. The Bertz CT molecular complexity index is 991. The minimum absolute atomic E-state index is 0.0650. The molecule has 0 N–H and O–H groups in total. The molecule has 0 amide bonds. The number of methoxy groups -OCH3 is 3. The van der Waals surface area contributed by atoms with Gasteiger partial charge in [-0.1, -0.05) is 6.08 Å². The Hall–Kier alpha value is -3.61. The first-order valence-corrected chi connectivity index (χ1v) is 8.09. The van der Waals surface area contributed by atoms with Gasteiger partial charge in [-0.25, -0.2) is 14.6 Å². The van der Waals surface area contributed by atoms with E-state index in [0.29, 0.717) is 11.6 Å². The van der Waals surface area contributed by atoms with Crippen molar-refractivity contribution in [2.45, 2.75) is 0 Å². The first-order valence-electron chi connectivity index (χ1n) is 8.09. The minimum atomic E-state index is -0.653. The first kappa shape index (κ1) is 18.2. The second-order valence-corrected chi connectivity index (χ2v) is 5.55. The average Bonchev–Trinajstić information content (AvgIpc) is 2.94. The van der Waals surface area contributed by atoms with Crippen LogP contribution in [0.5, 0.6) is 5.88 Å². The summed E-state index contributed by atoms with van der Waals surface area (Å²) in [4.78, 5) is 30.6. The number of esters is 2. The predicted octanol–water partition coefficient (Wildman–Crippen LogP) is 2.73. The molecule has 1 aromatic heterocycles. The SMILES string of the molecule is COC(=O)C1=C(C(=O)OC)N(c2ccc3nc(OC)ccc3c2)C=CC=C1. The number of nitrogens with zero attached hydrogens (tertiary/aromatic N) is 2. The molecule has 7 nitrogen and oxygen atoms in total. The highest BCUT2D eigenvalue weighted by molar-refractivity contribution is 6.05. The quantitative estimate of drug-likeness (QED) is 0.770. The molecule has 0 saturated carbocycles. The van der Waals surface area contributed by atoms with Crippen molar-refractivity contribution in [2.24, 2.45) is 0 Å². The molecular formula is C20H18N2O5. The number of benzene rings is 1. The maximum Gasteiger partial charge on any atom is 0.355 e. The molecule has 2 aromatic rings. The number of hydrogen-bond donors (Lipinski definition) is 0. The van der Waals surface area contributed by atoms with Gasteiger partial charge >= 0.3 is 11.9 Å². The summed E-state index contributed by atoms with van der Waals surface area (Å²) in [6, 6.07) is 9.08. The fourth-order valence-electron chi connectivity index (χ4n) is 2.72. The van der Waals surface area contributed by atoms with E-state index in [1.165, 1.54) is 20.3 Å². The van der Waals surface area contributed by atoms with Crippen LogP contribution in [-0.2, 0) is 19.1 Å². The van der Waals surface area contributed by atoms with Crippen LogP contribution in [0.1, 0.15) is 0 Å². The Morgan fingerprint density at radius 3 is 2.44 bits per heavy atom. The van der Waals surface area contributed by atoms with Crippen molar-refractivity contribution in [2.75, 3.05) is 26.2 Å². The third-order valence-electron chi connectivity index (χ3n) is 4.02. The molecule has 0 spiro atoms. The fourth-order valence-corrected chi connectivity index (χ4v) is 2.72. The number of carbonyl (C=O) groups is 2. The van der Waals surface area contributed by atoms with E-state index in [9.17, 15) is 9.59 Å². The third kappa shape index (κ3) is 3.52. The van der Waals surface area contributed by atoms with Gasteiger partial charge < -0.3 is 19.1 Å². The Kier molecular flexibility index (Phi) is 5.21. The summed E-state index contributed by atoms with van der Waals surface area (Å²) in [5.74, 6) is -0.774. The summed E-state index contributed by atoms with van der Waals surface area (Å²) < 4.78 is 14.9. The zero-order valence-electron chi connectivity index (χ0n) is 15.1. The maximum absolute atomic E-state index is 12.5. The van der Waals surface area contributed by atoms with E-state index >= 15 is 0 Å². The van der Waals surface area contributed by atoms with Gasteiger partial charge in [0.25, 0.3) is 0 Å². The van der Waals surface area contributed by atoms with Crippen LogP contribution in [0, 0.1) is 0 Å². The number of ether oxygens (including phenoxy) is 3. The van der Waals surface area contributed by atoms with E-state index < -0.39 is 11.9 Å². The molecule has 0 atom stereocenters. The van der Waals surface area contributed by atoms with Crippen molar-refractivity contribution in [1.29, 1.82) is 0 Å². The van der Waals surface area contributed by atoms with Crippen molar-refractivity contribution >= 4 is 28.5 Å². The maximum atomic E-state index is 12.5. The van der Waals surface area contributed by atoms with Gasteiger partial charge in [-0.15, -0.1) is 0 Å². The highest BCUT2D eigenvalue weighted by atomic mass is 16.5. The van der Waals surface area contributed by atoms with E-state index in [1.807, 2.05) is 18.2 Å². The summed E-state index contributed by atoms with van der Waals surface area (Å²) in [6.45, 7) is 0. The Labute approximate surface area is 156 Å². The van der Waals surface area contributed by atoms with Crippen LogP contribution in [0.3, 0.4) is 0 Å². The highest BCUT2D eigenvalue weighted by Crippen LogP contribution is 2.29. The largest absolute Gasteiger partial charge is 0.481 e. The van der Waals surface area contributed by atoms with Crippen LogP contribution in [0.15, 0.2) is 66.0 Å². The van der Waals surface area contributed by atoms with Crippen molar-refractivity contribution in [3.63, 3.8) is 0 Å². The normalized spacial score (nSPS) is 13.5. The highest BCUT2D eigenvalue weighted by Gasteiger charge is 2.27. The van der Waals surface area contributed by atoms with Gasteiger partial charge in [0.15, 0.2) is 0 Å². The molecule has 1 aromatic carbocycles. The number of anilines is 1. The van der Waals surface area contributed by atoms with Gasteiger partial charge in [-0.3, -0.25) is 0 Å². The zero-order chi connectivity index (χ0) is 19.4. The number of carbonyl (C=O) groups excluding carboxylic acids is 2.